The SMILES string of the molecule is Fc1cncc(CN2CCc3[nH]c(=S)ncc3C2)c1. The third-order valence-electron chi connectivity index (χ3n) is 3.22. The molecule has 0 saturated heterocycles. The molecule has 2 aromatic heterocycles. The molecule has 6 heteroatoms. The molecule has 3 heterocycles. The van der Waals surface area contributed by atoms with Gasteiger partial charge in [0.05, 0.1) is 6.20 Å². The maximum atomic E-state index is 13.1. The van der Waals surface area contributed by atoms with Gasteiger partial charge in [0.1, 0.15) is 5.82 Å². The topological polar surface area (TPSA) is 44.8 Å². The van der Waals surface area contributed by atoms with Gasteiger partial charge in [-0.25, -0.2) is 9.37 Å². The van der Waals surface area contributed by atoms with Crippen LogP contribution in [0, 0.1) is 10.6 Å². The first-order chi connectivity index (χ1) is 9.20. The molecule has 3 rings (SSSR count). The Labute approximate surface area is 115 Å². The highest BCUT2D eigenvalue weighted by Gasteiger charge is 2.17. The first kappa shape index (κ1) is 12.4. The highest BCUT2D eigenvalue weighted by Crippen LogP contribution is 2.18. The third-order valence-corrected chi connectivity index (χ3v) is 3.43. The normalized spacial score (nSPS) is 15.2. The van der Waals surface area contributed by atoms with Gasteiger partial charge in [-0.1, -0.05) is 0 Å². The van der Waals surface area contributed by atoms with Crippen molar-refractivity contribution < 1.29 is 4.39 Å². The van der Waals surface area contributed by atoms with Crippen molar-refractivity contribution in [1.82, 2.24) is 19.9 Å². The van der Waals surface area contributed by atoms with Crippen molar-refractivity contribution in [2.75, 3.05) is 6.54 Å². The molecule has 98 valence electrons. The molecule has 0 radical (unpaired) electrons. The Morgan fingerprint density at radius 2 is 2.26 bits per heavy atom. The summed E-state index contributed by atoms with van der Waals surface area (Å²) < 4.78 is 13.6. The number of fused-ring (bicyclic) bond motifs is 1. The van der Waals surface area contributed by atoms with Gasteiger partial charge in [-0.05, 0) is 23.8 Å². The number of rotatable bonds is 2. The van der Waals surface area contributed by atoms with Crippen LogP contribution in [0.15, 0.2) is 24.7 Å². The largest absolute Gasteiger partial charge is 0.334 e. The first-order valence-corrected chi connectivity index (χ1v) is 6.50. The monoisotopic (exact) mass is 276 g/mol. The molecule has 0 fully saturated rings. The molecular formula is C13H13FN4S. The minimum Gasteiger partial charge on any atom is -0.334 e. The van der Waals surface area contributed by atoms with E-state index in [1.165, 1.54) is 12.3 Å². The summed E-state index contributed by atoms with van der Waals surface area (Å²) >= 11 is 5.02. The number of H-pyrrole nitrogens is 1. The lowest BCUT2D eigenvalue weighted by atomic mass is 10.1. The van der Waals surface area contributed by atoms with E-state index in [1.807, 2.05) is 6.20 Å². The average molecular weight is 276 g/mol. The van der Waals surface area contributed by atoms with Gasteiger partial charge in [0, 0.05) is 49.7 Å². The molecule has 0 aliphatic carbocycles. The summed E-state index contributed by atoms with van der Waals surface area (Å²) in [5.74, 6) is -0.291. The van der Waals surface area contributed by atoms with Gasteiger partial charge < -0.3 is 4.98 Å². The van der Waals surface area contributed by atoms with Crippen molar-refractivity contribution in [2.45, 2.75) is 19.5 Å². The maximum absolute atomic E-state index is 13.1. The van der Waals surface area contributed by atoms with Crippen LogP contribution in [0.25, 0.3) is 0 Å². The molecule has 0 saturated carbocycles. The van der Waals surface area contributed by atoms with Crippen LogP contribution in [-0.4, -0.2) is 26.4 Å². The molecule has 4 nitrogen and oxygen atoms in total. The van der Waals surface area contributed by atoms with Gasteiger partial charge in [0.15, 0.2) is 4.77 Å². The number of aromatic amines is 1. The van der Waals surface area contributed by atoms with Crippen LogP contribution < -0.4 is 0 Å². The van der Waals surface area contributed by atoms with E-state index in [0.29, 0.717) is 11.3 Å². The number of hydrogen-bond donors (Lipinski definition) is 1. The summed E-state index contributed by atoms with van der Waals surface area (Å²) in [5.41, 5.74) is 3.21. The Kier molecular flexibility index (Phi) is 3.35. The number of hydrogen-bond acceptors (Lipinski definition) is 4. The number of aromatic nitrogens is 3. The number of nitrogens with one attached hydrogen (secondary N) is 1. The summed E-state index contributed by atoms with van der Waals surface area (Å²) in [4.78, 5) is 13.4. The van der Waals surface area contributed by atoms with Crippen molar-refractivity contribution in [2.24, 2.45) is 0 Å². The average Bonchev–Trinajstić information content (AvgIpc) is 2.39. The molecule has 0 amide bonds. The number of nitrogens with zero attached hydrogens (tertiary/aromatic N) is 3. The highest BCUT2D eigenvalue weighted by atomic mass is 32.1. The van der Waals surface area contributed by atoms with E-state index in [1.54, 1.807) is 6.20 Å². The van der Waals surface area contributed by atoms with Crippen LogP contribution in [0.4, 0.5) is 4.39 Å². The third kappa shape index (κ3) is 2.85. The van der Waals surface area contributed by atoms with Gasteiger partial charge in [-0.15, -0.1) is 0 Å². The van der Waals surface area contributed by atoms with Crippen LogP contribution in [0.3, 0.4) is 0 Å². The van der Waals surface area contributed by atoms with Crippen LogP contribution >= 0.6 is 12.2 Å². The van der Waals surface area contributed by atoms with Crippen molar-refractivity contribution in [3.63, 3.8) is 0 Å². The van der Waals surface area contributed by atoms with Crippen molar-refractivity contribution in [3.8, 4) is 0 Å². The van der Waals surface area contributed by atoms with Gasteiger partial charge in [0.25, 0.3) is 0 Å². The molecule has 19 heavy (non-hydrogen) atoms. The van der Waals surface area contributed by atoms with E-state index in [-0.39, 0.29) is 5.82 Å². The minimum absolute atomic E-state index is 0.291. The van der Waals surface area contributed by atoms with Crippen molar-refractivity contribution in [3.05, 3.63) is 52.1 Å². The molecule has 1 aliphatic heterocycles. The molecule has 0 spiro atoms. The maximum Gasteiger partial charge on any atom is 0.196 e. The molecular weight excluding hydrogens is 263 g/mol. The number of pyridine rings is 1. The molecule has 0 bridgehead atoms. The lowest BCUT2D eigenvalue weighted by Gasteiger charge is -2.28. The van der Waals surface area contributed by atoms with Crippen LogP contribution in [-0.2, 0) is 19.5 Å². The second kappa shape index (κ2) is 5.14. The summed E-state index contributed by atoms with van der Waals surface area (Å²) in [6.07, 6.45) is 5.66. The smallest absolute Gasteiger partial charge is 0.196 e. The molecule has 1 aliphatic rings. The van der Waals surface area contributed by atoms with Gasteiger partial charge >= 0.3 is 0 Å². The summed E-state index contributed by atoms with van der Waals surface area (Å²) in [5, 5.41) is 0. The van der Waals surface area contributed by atoms with Crippen LogP contribution in [0.1, 0.15) is 16.8 Å². The Balaban J connectivity index is 1.75. The second-order valence-corrected chi connectivity index (χ2v) is 5.05. The van der Waals surface area contributed by atoms with E-state index < -0.39 is 0 Å². The Bertz CT molecular complexity index is 655. The Morgan fingerprint density at radius 3 is 3.11 bits per heavy atom. The zero-order valence-corrected chi connectivity index (χ0v) is 11.1. The standard InChI is InChI=1S/C13H13FN4S/c14-11-3-9(4-15-6-11)7-18-2-1-12-10(8-18)5-16-13(19)17-12/h3-6H,1-2,7-8H2,(H,16,17,19). The zero-order chi connectivity index (χ0) is 13.2. The van der Waals surface area contributed by atoms with Gasteiger partial charge in [-0.3, -0.25) is 9.88 Å². The Hall–Kier alpha value is -1.66. The predicted octanol–water partition coefficient (Wildman–Crippen LogP) is 2.23. The fourth-order valence-corrected chi connectivity index (χ4v) is 2.52. The predicted molar refractivity (Wildman–Crippen MR) is 71.4 cm³/mol. The minimum atomic E-state index is -0.291. The fraction of sp³-hybridized carbons (Fsp3) is 0.308. The molecule has 1 N–H and O–H groups in total. The van der Waals surface area contributed by atoms with Gasteiger partial charge in [-0.2, -0.15) is 0 Å². The highest BCUT2D eigenvalue weighted by molar-refractivity contribution is 7.71. The molecule has 0 atom stereocenters. The summed E-state index contributed by atoms with van der Waals surface area (Å²) in [6.45, 7) is 2.41. The fourth-order valence-electron chi connectivity index (χ4n) is 2.34. The lowest BCUT2D eigenvalue weighted by molar-refractivity contribution is 0.242. The quantitative estimate of drug-likeness (QED) is 0.854. The van der Waals surface area contributed by atoms with Crippen LogP contribution in [0.2, 0.25) is 0 Å². The van der Waals surface area contributed by atoms with E-state index in [4.69, 9.17) is 12.2 Å². The Morgan fingerprint density at radius 1 is 1.37 bits per heavy atom. The van der Waals surface area contributed by atoms with Crippen molar-refractivity contribution in [1.29, 1.82) is 0 Å². The molecule has 0 unspecified atom stereocenters. The summed E-state index contributed by atoms with van der Waals surface area (Å²) in [7, 11) is 0. The zero-order valence-electron chi connectivity index (χ0n) is 10.3. The molecule has 2 aromatic rings. The van der Waals surface area contributed by atoms with E-state index >= 15 is 0 Å². The van der Waals surface area contributed by atoms with E-state index in [9.17, 15) is 4.39 Å². The first-order valence-electron chi connectivity index (χ1n) is 6.09. The molecule has 0 aromatic carbocycles. The van der Waals surface area contributed by atoms with Crippen molar-refractivity contribution >= 4 is 12.2 Å². The van der Waals surface area contributed by atoms with E-state index in [2.05, 4.69) is 19.9 Å². The van der Waals surface area contributed by atoms with Crippen LogP contribution in [0.5, 0.6) is 0 Å². The van der Waals surface area contributed by atoms with Gasteiger partial charge in [0.2, 0.25) is 0 Å². The second-order valence-electron chi connectivity index (χ2n) is 4.66. The lowest BCUT2D eigenvalue weighted by Crippen LogP contribution is -2.30. The van der Waals surface area contributed by atoms with E-state index in [0.717, 1.165) is 36.3 Å². The number of halogens is 1. The summed E-state index contributed by atoms with van der Waals surface area (Å²) in [6, 6.07) is 1.53.